The van der Waals surface area contributed by atoms with Gasteiger partial charge in [-0.1, -0.05) is 30.2 Å². The predicted molar refractivity (Wildman–Crippen MR) is 184 cm³/mol. The van der Waals surface area contributed by atoms with Crippen LogP contribution in [0.5, 0.6) is 11.8 Å². The van der Waals surface area contributed by atoms with Crippen molar-refractivity contribution in [3.05, 3.63) is 65.0 Å². The molecule has 3 aromatic carbocycles. The molecule has 1 aromatic heterocycles. The SMILES string of the molecule is C#Cc1c(F)ccc2cc(O)cc(-c3c(Cl)cc4c(N5CCN(C(=O)C(=C)F)[C@@H](CC#N)C5)nc(OC[C@@]56CCCN5C[C@H](F)C6)nc4c3F)c12. The van der Waals surface area contributed by atoms with Crippen LogP contribution < -0.4 is 9.64 Å². The third-order valence-corrected chi connectivity index (χ3v) is 10.4. The Balaban J connectivity index is 1.39. The number of anilines is 1. The molecule has 3 saturated heterocycles. The summed E-state index contributed by atoms with van der Waals surface area (Å²) in [5.74, 6) is -1.52. The third-order valence-electron chi connectivity index (χ3n) is 10.1. The first-order valence-electron chi connectivity index (χ1n) is 16.4. The molecule has 1 amide bonds. The lowest BCUT2D eigenvalue weighted by molar-refractivity contribution is -0.131. The number of aromatic nitrogens is 2. The monoisotopic (exact) mass is 718 g/mol. The van der Waals surface area contributed by atoms with E-state index in [4.69, 9.17) is 22.8 Å². The first-order chi connectivity index (χ1) is 24.4. The number of rotatable bonds is 7. The summed E-state index contributed by atoms with van der Waals surface area (Å²) in [5, 5.41) is 20.7. The molecule has 1 N–H and O–H groups in total. The lowest BCUT2D eigenvalue weighted by atomic mass is 9.93. The molecule has 7 rings (SSSR count). The van der Waals surface area contributed by atoms with Crippen molar-refractivity contribution in [2.45, 2.75) is 43.4 Å². The van der Waals surface area contributed by atoms with E-state index in [1.807, 2.05) is 6.07 Å². The molecule has 0 aliphatic carbocycles. The predicted octanol–water partition coefficient (Wildman–Crippen LogP) is 6.44. The number of nitriles is 1. The summed E-state index contributed by atoms with van der Waals surface area (Å²) >= 11 is 6.82. The van der Waals surface area contributed by atoms with Crippen molar-refractivity contribution >= 4 is 45.0 Å². The van der Waals surface area contributed by atoms with Crippen LogP contribution in [0.4, 0.5) is 23.4 Å². The topological polar surface area (TPSA) is 106 Å². The highest BCUT2D eigenvalue weighted by atomic mass is 35.5. The number of halogens is 5. The standard InChI is InChI=1S/C37H31ClF4N6O3/c1-3-25-29(41)6-5-21-13-24(49)14-26(30(21)25)31-28(38)15-27-33(32(31)42)44-36(51-19-37-8-4-10-47(37)17-22(40)16-37)45-34(27)46-11-12-48(35(50)20(2)39)23(18-46)7-9-43/h1,5-6,13-15,22-23,49H,2,4,7-8,10-12,16-19H2/t22-,23+,37+/m1/s1. The molecule has 14 heteroatoms. The highest BCUT2D eigenvalue weighted by Gasteiger charge is 2.49. The molecule has 3 atom stereocenters. The van der Waals surface area contributed by atoms with Gasteiger partial charge in [0.2, 0.25) is 0 Å². The van der Waals surface area contributed by atoms with E-state index in [9.17, 15) is 28.3 Å². The van der Waals surface area contributed by atoms with E-state index in [0.29, 0.717) is 11.8 Å². The summed E-state index contributed by atoms with van der Waals surface area (Å²) in [7, 11) is 0. The van der Waals surface area contributed by atoms with Gasteiger partial charge in [0, 0.05) is 48.9 Å². The number of piperazine rings is 1. The molecule has 3 aliphatic rings. The number of benzene rings is 3. The second kappa shape index (κ2) is 13.2. The fourth-order valence-corrected chi connectivity index (χ4v) is 8.17. The largest absolute Gasteiger partial charge is 0.508 e. The Morgan fingerprint density at radius 3 is 2.75 bits per heavy atom. The van der Waals surface area contributed by atoms with Gasteiger partial charge in [0.05, 0.1) is 34.7 Å². The van der Waals surface area contributed by atoms with Crippen molar-refractivity contribution in [2.24, 2.45) is 0 Å². The quantitative estimate of drug-likeness (QED) is 0.132. The number of aromatic hydroxyl groups is 1. The van der Waals surface area contributed by atoms with Crippen LogP contribution in [0.15, 0.2) is 42.7 Å². The van der Waals surface area contributed by atoms with E-state index >= 15 is 4.39 Å². The number of terminal acetylenes is 1. The van der Waals surface area contributed by atoms with E-state index in [2.05, 4.69) is 27.4 Å². The zero-order valence-electron chi connectivity index (χ0n) is 27.2. The number of nitrogens with zero attached hydrogens (tertiary/aromatic N) is 6. The molecular weight excluding hydrogens is 688 g/mol. The van der Waals surface area contributed by atoms with Gasteiger partial charge in [-0.25, -0.2) is 17.6 Å². The van der Waals surface area contributed by atoms with Crippen molar-refractivity contribution in [1.29, 1.82) is 5.26 Å². The van der Waals surface area contributed by atoms with Crippen LogP contribution in [0.25, 0.3) is 32.8 Å². The minimum absolute atomic E-state index is 0.00419. The van der Waals surface area contributed by atoms with Gasteiger partial charge < -0.3 is 19.6 Å². The van der Waals surface area contributed by atoms with Crippen molar-refractivity contribution in [1.82, 2.24) is 19.8 Å². The maximum atomic E-state index is 17.1. The van der Waals surface area contributed by atoms with E-state index in [1.54, 1.807) is 4.90 Å². The second-order valence-electron chi connectivity index (χ2n) is 13.2. The van der Waals surface area contributed by atoms with Crippen LogP contribution in [0, 0.1) is 35.3 Å². The molecular formula is C37H31ClF4N6O3. The number of hydrogen-bond acceptors (Lipinski definition) is 8. The number of phenols is 1. The maximum absolute atomic E-state index is 17.1. The fraction of sp³-hybridized carbons (Fsp3) is 0.351. The lowest BCUT2D eigenvalue weighted by Crippen LogP contribution is -2.55. The van der Waals surface area contributed by atoms with E-state index in [1.165, 1.54) is 29.2 Å². The van der Waals surface area contributed by atoms with Gasteiger partial charge in [-0.3, -0.25) is 9.69 Å². The summed E-state index contributed by atoms with van der Waals surface area (Å²) in [4.78, 5) is 26.7. The van der Waals surface area contributed by atoms with Gasteiger partial charge in [0.25, 0.3) is 5.91 Å². The average molecular weight is 719 g/mol. The van der Waals surface area contributed by atoms with Gasteiger partial charge >= 0.3 is 6.01 Å². The summed E-state index contributed by atoms with van der Waals surface area (Å²) in [6.07, 6.45) is 6.36. The van der Waals surface area contributed by atoms with Crippen LogP contribution in [-0.4, -0.2) is 87.9 Å². The number of carbonyl (C=O) groups excluding carboxylic acids is 1. The molecule has 0 bridgehead atoms. The molecule has 9 nitrogen and oxygen atoms in total. The van der Waals surface area contributed by atoms with Gasteiger partial charge in [0.1, 0.15) is 35.7 Å². The van der Waals surface area contributed by atoms with Crippen LogP contribution in [0.2, 0.25) is 5.02 Å². The van der Waals surface area contributed by atoms with E-state index in [-0.39, 0.29) is 101 Å². The number of amides is 1. The highest BCUT2D eigenvalue weighted by molar-refractivity contribution is 6.35. The molecule has 51 heavy (non-hydrogen) atoms. The molecule has 0 unspecified atom stereocenters. The minimum Gasteiger partial charge on any atom is -0.508 e. The van der Waals surface area contributed by atoms with Crippen LogP contribution in [0.1, 0.15) is 31.2 Å². The molecule has 0 saturated carbocycles. The number of hydrogen-bond donors (Lipinski definition) is 1. The maximum Gasteiger partial charge on any atom is 0.319 e. The highest BCUT2D eigenvalue weighted by Crippen LogP contribution is 2.45. The zero-order valence-corrected chi connectivity index (χ0v) is 28.0. The second-order valence-corrected chi connectivity index (χ2v) is 13.6. The van der Waals surface area contributed by atoms with Crippen molar-refractivity contribution in [2.75, 3.05) is 44.2 Å². The molecule has 262 valence electrons. The van der Waals surface area contributed by atoms with Gasteiger partial charge in [-0.2, -0.15) is 15.2 Å². The number of fused-ring (bicyclic) bond motifs is 3. The first-order valence-corrected chi connectivity index (χ1v) is 16.7. The lowest BCUT2D eigenvalue weighted by Gasteiger charge is -2.41. The normalized spacial score (nSPS) is 21.9. The summed E-state index contributed by atoms with van der Waals surface area (Å²) < 4.78 is 66.7. The van der Waals surface area contributed by atoms with Crippen LogP contribution in [0.3, 0.4) is 0 Å². The van der Waals surface area contributed by atoms with Crippen molar-refractivity contribution < 1.29 is 32.2 Å². The number of carbonyl (C=O) groups is 1. The third kappa shape index (κ3) is 5.94. The Morgan fingerprint density at radius 1 is 1.20 bits per heavy atom. The van der Waals surface area contributed by atoms with E-state index in [0.717, 1.165) is 19.0 Å². The molecule has 0 spiro atoms. The molecule has 0 radical (unpaired) electrons. The van der Waals surface area contributed by atoms with Gasteiger partial charge in [-0.05, 0) is 54.6 Å². The van der Waals surface area contributed by atoms with E-state index < -0.39 is 41.1 Å². The van der Waals surface area contributed by atoms with Gasteiger partial charge in [-0.15, -0.1) is 6.42 Å². The van der Waals surface area contributed by atoms with Gasteiger partial charge in [0.15, 0.2) is 11.6 Å². The Hall–Kier alpha value is -5.11. The molecule has 3 aliphatic heterocycles. The zero-order chi connectivity index (χ0) is 36.2. The average Bonchev–Trinajstić information content (AvgIpc) is 3.62. The summed E-state index contributed by atoms with van der Waals surface area (Å²) in [5.41, 5.74) is -1.14. The van der Waals surface area contributed by atoms with Crippen LogP contribution >= 0.6 is 11.6 Å². The minimum atomic E-state index is -1.16. The van der Waals surface area contributed by atoms with Crippen molar-refractivity contribution in [3.63, 3.8) is 0 Å². The van der Waals surface area contributed by atoms with Crippen molar-refractivity contribution in [3.8, 4) is 41.3 Å². The molecule has 4 aromatic rings. The van der Waals surface area contributed by atoms with Crippen LogP contribution in [-0.2, 0) is 4.79 Å². The Kier molecular flexibility index (Phi) is 8.90. The Morgan fingerprint density at radius 2 is 2.00 bits per heavy atom. The fourth-order valence-electron chi connectivity index (χ4n) is 7.87. The summed E-state index contributed by atoms with van der Waals surface area (Å²) in [6.45, 7) is 4.27. The molecule has 4 heterocycles. The number of alkyl halides is 1. The first kappa shape index (κ1) is 34.3. The number of phenolic OH excluding ortho intramolecular Hbond substituents is 1. The Bertz CT molecular complexity index is 2210. The Labute approximate surface area is 295 Å². The summed E-state index contributed by atoms with van der Waals surface area (Å²) in [6, 6.07) is 7.65. The molecule has 3 fully saturated rings. The smallest absolute Gasteiger partial charge is 0.319 e. The number of ether oxygens (including phenoxy) is 1.